The van der Waals surface area contributed by atoms with E-state index in [4.69, 9.17) is 18.9 Å². The third kappa shape index (κ3) is 5.64. The van der Waals surface area contributed by atoms with Gasteiger partial charge in [-0.2, -0.15) is 0 Å². The predicted molar refractivity (Wildman–Crippen MR) is 98.8 cm³/mol. The van der Waals surface area contributed by atoms with Crippen LogP contribution in [0, 0.1) is 22.0 Å². The minimum atomic E-state index is -1.15. The Hall–Kier alpha value is -2.72. The second-order valence-corrected chi connectivity index (χ2v) is 6.97. The molecule has 0 saturated carbocycles. The number of rotatable bonds is 7. The average Bonchev–Trinajstić information content (AvgIpc) is 2.66. The number of aliphatic hydroxyl groups is 1. The van der Waals surface area contributed by atoms with E-state index >= 15 is 0 Å². The van der Waals surface area contributed by atoms with Crippen molar-refractivity contribution in [2.75, 3.05) is 6.61 Å². The number of carbonyl (C=O) groups is 2. The molecule has 10 heteroatoms. The highest BCUT2D eigenvalue weighted by Gasteiger charge is 2.45. The quantitative estimate of drug-likeness (QED) is 0.406. The fraction of sp³-hybridized carbons (Fsp3) is 0.579. The number of ether oxygens (including phenoxy) is 4. The molecule has 1 N–H and O–H groups in total. The number of hydrogen-bond acceptors (Lipinski definition) is 9. The normalized spacial score (nSPS) is 26.4. The zero-order valence-electron chi connectivity index (χ0n) is 16.7. The lowest BCUT2D eigenvalue weighted by atomic mass is 9.83. The molecular weight excluding hydrogens is 386 g/mol. The largest absolute Gasteiger partial charge is 0.463 e. The Morgan fingerprint density at radius 1 is 1.21 bits per heavy atom. The van der Waals surface area contributed by atoms with Crippen molar-refractivity contribution in [3.05, 3.63) is 33.9 Å². The first-order valence-corrected chi connectivity index (χ1v) is 9.14. The van der Waals surface area contributed by atoms with Crippen LogP contribution in [0.5, 0.6) is 5.75 Å². The highest BCUT2D eigenvalue weighted by molar-refractivity contribution is 5.66. The van der Waals surface area contributed by atoms with Crippen LogP contribution in [0.15, 0.2) is 18.2 Å². The molecule has 0 aromatic heterocycles. The van der Waals surface area contributed by atoms with Crippen LogP contribution in [0.1, 0.15) is 33.3 Å². The first kappa shape index (κ1) is 22.6. The molecule has 2 rings (SSSR count). The average molecular weight is 411 g/mol. The molecule has 0 radical (unpaired) electrons. The Morgan fingerprint density at radius 3 is 2.45 bits per heavy atom. The van der Waals surface area contributed by atoms with Crippen LogP contribution in [0.2, 0.25) is 0 Å². The third-order valence-electron chi connectivity index (χ3n) is 4.91. The van der Waals surface area contributed by atoms with Gasteiger partial charge in [-0.05, 0) is 17.5 Å². The van der Waals surface area contributed by atoms with Gasteiger partial charge in [0.2, 0.25) is 6.29 Å². The lowest BCUT2D eigenvalue weighted by Gasteiger charge is -2.43. The molecule has 1 heterocycles. The fourth-order valence-corrected chi connectivity index (χ4v) is 3.13. The minimum absolute atomic E-state index is 0.0287. The number of nitrogens with zero attached hydrogens (tertiary/aromatic N) is 1. The van der Waals surface area contributed by atoms with Crippen molar-refractivity contribution in [1.82, 2.24) is 0 Å². The summed E-state index contributed by atoms with van der Waals surface area (Å²) in [5.41, 5.74) is -0.00981. The molecule has 10 nitrogen and oxygen atoms in total. The van der Waals surface area contributed by atoms with Crippen molar-refractivity contribution >= 4 is 17.6 Å². The summed E-state index contributed by atoms with van der Waals surface area (Å²) in [4.78, 5) is 33.5. The zero-order chi connectivity index (χ0) is 21.7. The van der Waals surface area contributed by atoms with Crippen LogP contribution in [-0.4, -0.2) is 47.1 Å². The molecule has 0 amide bonds. The van der Waals surface area contributed by atoms with Crippen LogP contribution in [-0.2, 0) is 30.4 Å². The van der Waals surface area contributed by atoms with Gasteiger partial charge in [-0.25, -0.2) is 0 Å². The Kier molecular flexibility index (Phi) is 7.52. The van der Waals surface area contributed by atoms with Gasteiger partial charge in [-0.3, -0.25) is 19.7 Å². The number of hydrogen-bond donors (Lipinski definition) is 1. The summed E-state index contributed by atoms with van der Waals surface area (Å²) < 4.78 is 22.0. The summed E-state index contributed by atoms with van der Waals surface area (Å²) in [6.07, 6.45) is -2.53. The number of nitro benzene ring substituents is 1. The molecule has 0 spiro atoms. The summed E-state index contributed by atoms with van der Waals surface area (Å²) in [5.74, 6) is -1.50. The maximum atomic E-state index is 11.6. The van der Waals surface area contributed by atoms with E-state index in [9.17, 15) is 24.8 Å². The maximum absolute atomic E-state index is 11.6. The van der Waals surface area contributed by atoms with E-state index in [2.05, 4.69) is 0 Å². The molecule has 1 aromatic rings. The van der Waals surface area contributed by atoms with Crippen LogP contribution >= 0.6 is 0 Å². The van der Waals surface area contributed by atoms with Gasteiger partial charge in [0.25, 0.3) is 0 Å². The molecule has 5 atom stereocenters. The Labute approximate surface area is 167 Å². The summed E-state index contributed by atoms with van der Waals surface area (Å²) in [6.45, 7) is 5.83. The van der Waals surface area contributed by atoms with E-state index in [1.807, 2.05) is 13.8 Å². The predicted octanol–water partition coefficient (Wildman–Crippen LogP) is 1.96. The molecule has 2 unspecified atom stereocenters. The molecule has 1 aliphatic rings. The Bertz CT molecular complexity index is 764. The molecule has 1 aliphatic heterocycles. The smallest absolute Gasteiger partial charge is 0.311 e. The number of aliphatic hydroxyl groups excluding tert-OH is 1. The summed E-state index contributed by atoms with van der Waals surface area (Å²) in [6, 6.07) is 4.03. The summed E-state index contributed by atoms with van der Waals surface area (Å²) in [5, 5.41) is 20.6. The highest BCUT2D eigenvalue weighted by atomic mass is 16.7. The second-order valence-electron chi connectivity index (χ2n) is 6.97. The van der Waals surface area contributed by atoms with Gasteiger partial charge in [0.05, 0.1) is 17.6 Å². The van der Waals surface area contributed by atoms with Crippen molar-refractivity contribution in [1.29, 1.82) is 0 Å². The van der Waals surface area contributed by atoms with Crippen molar-refractivity contribution in [3.8, 4) is 5.75 Å². The van der Waals surface area contributed by atoms with Gasteiger partial charge in [-0.1, -0.05) is 19.9 Å². The van der Waals surface area contributed by atoms with Gasteiger partial charge in [0.15, 0.2) is 11.9 Å². The Balaban J connectivity index is 2.33. The summed E-state index contributed by atoms with van der Waals surface area (Å²) in [7, 11) is 0. The monoisotopic (exact) mass is 411 g/mol. The van der Waals surface area contributed by atoms with E-state index in [-0.39, 0.29) is 36.5 Å². The first-order chi connectivity index (χ1) is 13.6. The van der Waals surface area contributed by atoms with Gasteiger partial charge in [-0.15, -0.1) is 0 Å². The Morgan fingerprint density at radius 2 is 1.90 bits per heavy atom. The topological polar surface area (TPSA) is 134 Å². The second kappa shape index (κ2) is 9.66. The van der Waals surface area contributed by atoms with Crippen molar-refractivity contribution < 1.29 is 38.6 Å². The number of carbonyl (C=O) groups excluding carboxylic acids is 2. The standard InChI is InChI=1S/C19H25NO9/c1-10-11(2)18(27-13(4)23)19(29-17(10)9-26-12(3)22)28-16-6-5-14(8-21)7-15(16)20(24)25/h5-7,10-11,17-19,21H,8-9H2,1-4H3/t10-,11?,17?,18+,19-/m1/s1. The molecule has 160 valence electrons. The van der Waals surface area contributed by atoms with Crippen LogP contribution < -0.4 is 4.74 Å². The zero-order valence-corrected chi connectivity index (χ0v) is 16.7. The third-order valence-corrected chi connectivity index (χ3v) is 4.91. The number of benzene rings is 1. The SMILES string of the molecule is CC(=O)OCC1O[C@@H](Oc2ccc(CO)cc2[N+](=O)[O-])[C@@H](OC(C)=O)C(C)[C@H]1C. The van der Waals surface area contributed by atoms with Crippen molar-refractivity contribution in [3.63, 3.8) is 0 Å². The molecule has 29 heavy (non-hydrogen) atoms. The molecule has 1 fully saturated rings. The molecular formula is C19H25NO9. The lowest BCUT2D eigenvalue weighted by Crippen LogP contribution is -2.54. The van der Waals surface area contributed by atoms with E-state index in [1.165, 1.54) is 32.0 Å². The lowest BCUT2D eigenvalue weighted by molar-refractivity contribution is -0.387. The number of esters is 2. The molecule has 1 aromatic carbocycles. The first-order valence-electron chi connectivity index (χ1n) is 9.14. The van der Waals surface area contributed by atoms with Gasteiger partial charge in [0, 0.05) is 25.8 Å². The molecule has 0 bridgehead atoms. The summed E-state index contributed by atoms with van der Waals surface area (Å²) >= 11 is 0. The van der Waals surface area contributed by atoms with Crippen LogP contribution in [0.3, 0.4) is 0 Å². The van der Waals surface area contributed by atoms with Gasteiger partial charge >= 0.3 is 17.6 Å². The number of nitro groups is 1. The van der Waals surface area contributed by atoms with E-state index < -0.39 is 35.4 Å². The maximum Gasteiger partial charge on any atom is 0.311 e. The van der Waals surface area contributed by atoms with Crippen molar-refractivity contribution in [2.24, 2.45) is 11.8 Å². The van der Waals surface area contributed by atoms with Gasteiger partial charge in [0.1, 0.15) is 6.61 Å². The minimum Gasteiger partial charge on any atom is -0.463 e. The molecule has 1 saturated heterocycles. The van der Waals surface area contributed by atoms with Crippen molar-refractivity contribution in [2.45, 2.75) is 52.8 Å². The van der Waals surface area contributed by atoms with Crippen LogP contribution in [0.25, 0.3) is 0 Å². The van der Waals surface area contributed by atoms with E-state index in [0.717, 1.165) is 0 Å². The molecule has 0 aliphatic carbocycles. The van der Waals surface area contributed by atoms with Gasteiger partial charge < -0.3 is 24.1 Å². The van der Waals surface area contributed by atoms with Crippen LogP contribution in [0.4, 0.5) is 5.69 Å². The van der Waals surface area contributed by atoms with E-state index in [0.29, 0.717) is 5.56 Å². The fourth-order valence-electron chi connectivity index (χ4n) is 3.13. The highest BCUT2D eigenvalue weighted by Crippen LogP contribution is 2.36. The van der Waals surface area contributed by atoms with E-state index in [1.54, 1.807) is 0 Å².